The number of nitrogens with zero attached hydrogens (tertiary/aromatic N) is 3. The number of benzene rings is 1. The molecule has 0 fully saturated rings. The summed E-state index contributed by atoms with van der Waals surface area (Å²) < 4.78 is 1.99. The van der Waals surface area contributed by atoms with Gasteiger partial charge in [-0.2, -0.15) is 0 Å². The van der Waals surface area contributed by atoms with Gasteiger partial charge in [-0.15, -0.1) is 0 Å². The molecule has 0 aliphatic rings. The van der Waals surface area contributed by atoms with Gasteiger partial charge >= 0.3 is 0 Å². The predicted molar refractivity (Wildman–Crippen MR) is 58.9 cm³/mol. The van der Waals surface area contributed by atoms with Crippen molar-refractivity contribution in [3.8, 4) is 5.69 Å². The zero-order valence-electron chi connectivity index (χ0n) is 8.04. The fourth-order valence-electron chi connectivity index (χ4n) is 1.71. The molecule has 0 amide bonds. The van der Waals surface area contributed by atoms with Crippen LogP contribution in [0.3, 0.4) is 0 Å². The summed E-state index contributed by atoms with van der Waals surface area (Å²) in [6.45, 7) is 0. The van der Waals surface area contributed by atoms with Gasteiger partial charge in [0.15, 0.2) is 0 Å². The minimum Gasteiger partial charge on any atom is -0.306 e. The largest absolute Gasteiger partial charge is 0.306 e. The normalized spacial score (nSPS) is 10.7. The van der Waals surface area contributed by atoms with Gasteiger partial charge in [-0.1, -0.05) is 6.07 Å². The number of pyridine rings is 1. The minimum absolute atomic E-state index is 1.00. The van der Waals surface area contributed by atoms with E-state index in [1.165, 1.54) is 0 Å². The fourth-order valence-corrected chi connectivity index (χ4v) is 1.71. The highest BCUT2D eigenvalue weighted by Gasteiger charge is 2.01. The molecule has 0 N–H and O–H groups in total. The third-order valence-corrected chi connectivity index (χ3v) is 2.41. The van der Waals surface area contributed by atoms with Crippen molar-refractivity contribution in [2.45, 2.75) is 0 Å². The average Bonchev–Trinajstić information content (AvgIpc) is 2.82. The Hall–Kier alpha value is -2.16. The smallest absolute Gasteiger partial charge is 0.0991 e. The Morgan fingerprint density at radius 2 is 2.00 bits per heavy atom. The molecule has 0 saturated heterocycles. The van der Waals surface area contributed by atoms with Crippen LogP contribution in [0.4, 0.5) is 0 Å². The Morgan fingerprint density at radius 3 is 2.87 bits per heavy atom. The molecule has 15 heavy (non-hydrogen) atoms. The van der Waals surface area contributed by atoms with Crippen molar-refractivity contribution in [2.24, 2.45) is 0 Å². The predicted octanol–water partition coefficient (Wildman–Crippen LogP) is 2.42. The summed E-state index contributed by atoms with van der Waals surface area (Å²) >= 11 is 0. The number of fused-ring (bicyclic) bond motifs is 1. The summed E-state index contributed by atoms with van der Waals surface area (Å²) in [5.74, 6) is 0. The van der Waals surface area contributed by atoms with E-state index in [0.29, 0.717) is 0 Å². The standard InChI is InChI=1S/C12H9N3/c1-4-11-10(3-2-6-14-11)12(5-1)15-8-7-13-9-15/h1-9H. The first-order valence-electron chi connectivity index (χ1n) is 4.77. The molecule has 1 aromatic carbocycles. The van der Waals surface area contributed by atoms with Gasteiger partial charge in [0.1, 0.15) is 0 Å². The molecule has 72 valence electrons. The molecule has 0 spiro atoms. The molecular weight excluding hydrogens is 186 g/mol. The zero-order chi connectivity index (χ0) is 10.1. The van der Waals surface area contributed by atoms with E-state index in [4.69, 9.17) is 0 Å². The number of rotatable bonds is 1. The maximum atomic E-state index is 4.32. The fraction of sp³-hybridized carbons (Fsp3) is 0. The monoisotopic (exact) mass is 195 g/mol. The zero-order valence-corrected chi connectivity index (χ0v) is 8.04. The van der Waals surface area contributed by atoms with E-state index in [2.05, 4.69) is 22.1 Å². The number of hydrogen-bond donors (Lipinski definition) is 0. The quantitative estimate of drug-likeness (QED) is 0.597. The molecule has 3 aromatic rings. The molecule has 2 heterocycles. The van der Waals surface area contributed by atoms with Crippen LogP contribution in [0.15, 0.2) is 55.2 Å². The van der Waals surface area contributed by atoms with Crippen molar-refractivity contribution in [3.63, 3.8) is 0 Å². The second-order valence-corrected chi connectivity index (χ2v) is 3.32. The minimum atomic E-state index is 1.00. The summed E-state index contributed by atoms with van der Waals surface area (Å²) in [6, 6.07) is 10.1. The van der Waals surface area contributed by atoms with Crippen LogP contribution < -0.4 is 0 Å². The molecular formula is C12H9N3. The Bertz CT molecular complexity index is 579. The Labute approximate surface area is 87.0 Å². The van der Waals surface area contributed by atoms with E-state index in [9.17, 15) is 0 Å². The van der Waals surface area contributed by atoms with Gasteiger partial charge in [-0.25, -0.2) is 4.98 Å². The SMILES string of the molecule is c1cc(-n2ccnc2)c2cccnc2c1. The van der Waals surface area contributed by atoms with Crippen molar-refractivity contribution < 1.29 is 0 Å². The van der Waals surface area contributed by atoms with Crippen LogP contribution >= 0.6 is 0 Å². The lowest BCUT2D eigenvalue weighted by atomic mass is 10.2. The second kappa shape index (κ2) is 3.20. The van der Waals surface area contributed by atoms with Crippen LogP contribution in [0.2, 0.25) is 0 Å². The highest BCUT2D eigenvalue weighted by Crippen LogP contribution is 2.19. The molecule has 0 unspecified atom stereocenters. The summed E-state index contributed by atoms with van der Waals surface area (Å²) in [7, 11) is 0. The first-order valence-corrected chi connectivity index (χ1v) is 4.77. The lowest BCUT2D eigenvalue weighted by Crippen LogP contribution is -1.91. The van der Waals surface area contributed by atoms with Gasteiger partial charge in [-0.3, -0.25) is 4.98 Å². The Kier molecular flexibility index (Phi) is 1.75. The molecule has 0 aliphatic heterocycles. The van der Waals surface area contributed by atoms with E-state index in [0.717, 1.165) is 16.6 Å². The summed E-state index contributed by atoms with van der Waals surface area (Å²) in [5, 5.41) is 1.14. The molecule has 3 heteroatoms. The highest BCUT2D eigenvalue weighted by molar-refractivity contribution is 5.86. The number of hydrogen-bond acceptors (Lipinski definition) is 2. The molecule has 0 radical (unpaired) electrons. The molecule has 3 nitrogen and oxygen atoms in total. The van der Waals surface area contributed by atoms with Crippen molar-refractivity contribution in [3.05, 3.63) is 55.2 Å². The van der Waals surface area contributed by atoms with Gasteiger partial charge in [0.2, 0.25) is 0 Å². The van der Waals surface area contributed by atoms with E-state index in [1.807, 2.05) is 29.0 Å². The van der Waals surface area contributed by atoms with Gasteiger partial charge in [0.25, 0.3) is 0 Å². The summed E-state index contributed by atoms with van der Waals surface area (Å²) in [4.78, 5) is 8.37. The van der Waals surface area contributed by atoms with E-state index in [1.54, 1.807) is 18.7 Å². The summed E-state index contributed by atoms with van der Waals surface area (Å²) in [5.41, 5.74) is 2.11. The second-order valence-electron chi connectivity index (χ2n) is 3.32. The van der Waals surface area contributed by atoms with E-state index in [-0.39, 0.29) is 0 Å². The van der Waals surface area contributed by atoms with Crippen LogP contribution in [0.5, 0.6) is 0 Å². The number of aromatic nitrogens is 3. The molecule has 0 saturated carbocycles. The van der Waals surface area contributed by atoms with Crippen molar-refractivity contribution in [1.29, 1.82) is 0 Å². The third kappa shape index (κ3) is 1.29. The molecule has 0 atom stereocenters. The first kappa shape index (κ1) is 8.17. The Balaban J connectivity index is 2.36. The topological polar surface area (TPSA) is 30.7 Å². The van der Waals surface area contributed by atoms with Crippen molar-refractivity contribution >= 4 is 10.9 Å². The van der Waals surface area contributed by atoms with Gasteiger partial charge in [0.05, 0.1) is 17.5 Å². The molecule has 2 aromatic heterocycles. The third-order valence-electron chi connectivity index (χ3n) is 2.41. The van der Waals surface area contributed by atoms with Crippen LogP contribution in [-0.4, -0.2) is 14.5 Å². The van der Waals surface area contributed by atoms with E-state index >= 15 is 0 Å². The van der Waals surface area contributed by atoms with Gasteiger partial charge < -0.3 is 4.57 Å². The number of imidazole rings is 1. The van der Waals surface area contributed by atoms with Crippen LogP contribution in [0.1, 0.15) is 0 Å². The van der Waals surface area contributed by atoms with Gasteiger partial charge in [-0.05, 0) is 24.3 Å². The summed E-state index contributed by atoms with van der Waals surface area (Å²) in [6.07, 6.45) is 7.30. The highest BCUT2D eigenvalue weighted by atomic mass is 15.0. The molecule has 0 bridgehead atoms. The van der Waals surface area contributed by atoms with E-state index < -0.39 is 0 Å². The van der Waals surface area contributed by atoms with Crippen molar-refractivity contribution in [2.75, 3.05) is 0 Å². The maximum Gasteiger partial charge on any atom is 0.0991 e. The van der Waals surface area contributed by atoms with Crippen LogP contribution in [0, 0.1) is 0 Å². The van der Waals surface area contributed by atoms with Crippen LogP contribution in [-0.2, 0) is 0 Å². The first-order chi connectivity index (χ1) is 7.45. The molecule has 3 rings (SSSR count). The van der Waals surface area contributed by atoms with Crippen molar-refractivity contribution in [1.82, 2.24) is 14.5 Å². The Morgan fingerprint density at radius 1 is 1.00 bits per heavy atom. The lowest BCUT2D eigenvalue weighted by molar-refractivity contribution is 1.07. The molecule has 0 aliphatic carbocycles. The average molecular weight is 195 g/mol. The van der Waals surface area contributed by atoms with Gasteiger partial charge in [0, 0.05) is 24.0 Å². The maximum absolute atomic E-state index is 4.32. The lowest BCUT2D eigenvalue weighted by Gasteiger charge is -2.05. The van der Waals surface area contributed by atoms with Crippen LogP contribution in [0.25, 0.3) is 16.6 Å².